The van der Waals surface area contributed by atoms with Crippen molar-refractivity contribution in [1.29, 1.82) is 0 Å². The van der Waals surface area contributed by atoms with Crippen LogP contribution in [-0.2, 0) is 24.4 Å². The van der Waals surface area contributed by atoms with Crippen LogP contribution >= 0.6 is 0 Å². The average Bonchev–Trinajstić information content (AvgIpc) is 2.52. The number of carbonyl (C=O) groups excluding carboxylic acids is 3. The highest BCUT2D eigenvalue weighted by Gasteiger charge is 2.27. The van der Waals surface area contributed by atoms with Gasteiger partial charge in [0, 0.05) is 32.9 Å². The van der Waals surface area contributed by atoms with Crippen LogP contribution in [0.5, 0.6) is 0 Å². The monoisotopic (exact) mass is 353 g/mol. The quantitative estimate of drug-likeness (QED) is 0.558. The van der Waals surface area contributed by atoms with Gasteiger partial charge in [-0.05, 0) is 30.7 Å². The fourth-order valence-corrected chi connectivity index (χ4v) is 3.35. The second kappa shape index (κ2) is 7.54. The first-order chi connectivity index (χ1) is 11.3. The van der Waals surface area contributed by atoms with E-state index < -0.39 is 10.0 Å². The first kappa shape index (κ1) is 18.1. The zero-order chi connectivity index (χ0) is 17.7. The predicted octanol–water partition coefficient (Wildman–Crippen LogP) is 0.145. The number of benzene rings is 1. The van der Waals surface area contributed by atoms with Crippen molar-refractivity contribution < 1.29 is 22.8 Å². The van der Waals surface area contributed by atoms with Crippen LogP contribution in [0.2, 0.25) is 0 Å². The Morgan fingerprint density at radius 3 is 2.21 bits per heavy atom. The number of nitrogens with one attached hydrogen (secondary N) is 2. The van der Waals surface area contributed by atoms with E-state index in [4.69, 9.17) is 0 Å². The molecule has 3 amide bonds. The van der Waals surface area contributed by atoms with E-state index in [9.17, 15) is 22.8 Å². The number of sulfonamides is 1. The molecule has 0 atom stereocenters. The van der Waals surface area contributed by atoms with Gasteiger partial charge in [-0.3, -0.25) is 19.3 Å². The van der Waals surface area contributed by atoms with E-state index >= 15 is 0 Å². The van der Waals surface area contributed by atoms with Crippen LogP contribution in [0.1, 0.15) is 26.2 Å². The molecule has 1 aromatic carbocycles. The molecule has 1 saturated heterocycles. The first-order valence-electron chi connectivity index (χ1n) is 7.51. The number of imide groups is 1. The van der Waals surface area contributed by atoms with Crippen molar-refractivity contribution in [3.05, 3.63) is 24.3 Å². The Balaban J connectivity index is 2.06. The van der Waals surface area contributed by atoms with E-state index in [0.717, 1.165) is 4.90 Å². The number of carbonyl (C=O) groups is 3. The lowest BCUT2D eigenvalue weighted by molar-refractivity contribution is -0.129. The average molecular weight is 353 g/mol. The summed E-state index contributed by atoms with van der Waals surface area (Å²) in [5, 5.41) is 2.48. The number of hydrogen-bond donors (Lipinski definition) is 2. The largest absolute Gasteiger partial charge is 0.355 e. The van der Waals surface area contributed by atoms with Gasteiger partial charge in [0.1, 0.15) is 0 Å². The molecule has 1 aromatic rings. The van der Waals surface area contributed by atoms with Gasteiger partial charge in [-0.25, -0.2) is 13.1 Å². The topological polar surface area (TPSA) is 113 Å². The Bertz CT molecular complexity index is 727. The summed E-state index contributed by atoms with van der Waals surface area (Å²) in [6.45, 7) is 1.59. The molecule has 1 aliphatic rings. The van der Waals surface area contributed by atoms with Gasteiger partial charge in [0.2, 0.25) is 27.7 Å². The maximum Gasteiger partial charge on any atom is 0.240 e. The molecule has 24 heavy (non-hydrogen) atoms. The molecule has 1 fully saturated rings. The summed E-state index contributed by atoms with van der Waals surface area (Å²) in [6, 6.07) is 5.55. The fourth-order valence-electron chi connectivity index (χ4n) is 2.32. The van der Waals surface area contributed by atoms with Crippen LogP contribution in [-0.4, -0.2) is 39.2 Å². The minimum Gasteiger partial charge on any atom is -0.355 e. The van der Waals surface area contributed by atoms with Gasteiger partial charge in [-0.2, -0.15) is 0 Å². The third-order valence-electron chi connectivity index (χ3n) is 3.48. The van der Waals surface area contributed by atoms with E-state index in [1.807, 2.05) is 0 Å². The molecule has 1 aliphatic heterocycles. The molecule has 130 valence electrons. The van der Waals surface area contributed by atoms with Crippen LogP contribution in [0, 0.1) is 0 Å². The summed E-state index contributed by atoms with van der Waals surface area (Å²) in [7, 11) is -3.72. The molecule has 0 unspecified atom stereocenters. The number of nitrogens with zero attached hydrogens (tertiary/aromatic N) is 1. The molecule has 1 heterocycles. The highest BCUT2D eigenvalue weighted by atomic mass is 32.2. The van der Waals surface area contributed by atoms with E-state index in [1.54, 1.807) is 0 Å². The number of rotatable bonds is 6. The number of amides is 3. The standard InChI is InChI=1S/C15H19N3O5S/c1-11(19)16-9-10-17-24(22,23)13-7-5-12(6-8-13)18-14(20)3-2-4-15(18)21/h5-8,17H,2-4,9-10H2,1H3,(H,16,19). The maximum absolute atomic E-state index is 12.1. The lowest BCUT2D eigenvalue weighted by Gasteiger charge is -2.24. The minimum atomic E-state index is -3.72. The molecule has 8 nitrogen and oxygen atoms in total. The van der Waals surface area contributed by atoms with E-state index in [-0.39, 0.29) is 35.7 Å². The molecule has 0 radical (unpaired) electrons. The van der Waals surface area contributed by atoms with Gasteiger partial charge >= 0.3 is 0 Å². The molecule has 0 saturated carbocycles. The minimum absolute atomic E-state index is 0.0194. The number of anilines is 1. The van der Waals surface area contributed by atoms with Crippen molar-refractivity contribution >= 4 is 33.4 Å². The van der Waals surface area contributed by atoms with E-state index in [0.29, 0.717) is 24.9 Å². The van der Waals surface area contributed by atoms with Crippen molar-refractivity contribution in [2.45, 2.75) is 31.1 Å². The Kier molecular flexibility index (Phi) is 5.68. The molecule has 0 aliphatic carbocycles. The van der Waals surface area contributed by atoms with Crippen molar-refractivity contribution in [3.63, 3.8) is 0 Å². The second-order valence-electron chi connectivity index (χ2n) is 5.35. The Hall–Kier alpha value is -2.26. The van der Waals surface area contributed by atoms with E-state index in [1.165, 1.54) is 31.2 Å². The van der Waals surface area contributed by atoms with Crippen molar-refractivity contribution in [3.8, 4) is 0 Å². The van der Waals surface area contributed by atoms with Gasteiger partial charge in [-0.15, -0.1) is 0 Å². The van der Waals surface area contributed by atoms with Crippen LogP contribution in [0.15, 0.2) is 29.2 Å². The summed E-state index contributed by atoms with van der Waals surface area (Å²) in [6.07, 6.45) is 1.14. The third-order valence-corrected chi connectivity index (χ3v) is 4.95. The lowest BCUT2D eigenvalue weighted by Crippen LogP contribution is -2.40. The molecule has 9 heteroatoms. The van der Waals surface area contributed by atoms with Gasteiger partial charge < -0.3 is 5.32 Å². The summed E-state index contributed by atoms with van der Waals surface area (Å²) < 4.78 is 26.6. The molecule has 0 aromatic heterocycles. The zero-order valence-corrected chi connectivity index (χ0v) is 14.1. The van der Waals surface area contributed by atoms with Crippen molar-refractivity contribution in [2.24, 2.45) is 0 Å². The normalized spacial score (nSPS) is 15.5. The van der Waals surface area contributed by atoms with Crippen LogP contribution in [0.3, 0.4) is 0 Å². The predicted molar refractivity (Wildman–Crippen MR) is 86.7 cm³/mol. The SMILES string of the molecule is CC(=O)NCCNS(=O)(=O)c1ccc(N2C(=O)CCCC2=O)cc1. The molecule has 0 bridgehead atoms. The van der Waals surface area contributed by atoms with Gasteiger partial charge in [0.05, 0.1) is 10.6 Å². The number of hydrogen-bond acceptors (Lipinski definition) is 5. The molecular weight excluding hydrogens is 334 g/mol. The Labute approximate surface area is 140 Å². The highest BCUT2D eigenvalue weighted by Crippen LogP contribution is 2.23. The Morgan fingerprint density at radius 1 is 1.08 bits per heavy atom. The summed E-state index contributed by atoms with van der Waals surface area (Å²) in [5.74, 6) is -0.806. The van der Waals surface area contributed by atoms with Crippen molar-refractivity contribution in [2.75, 3.05) is 18.0 Å². The van der Waals surface area contributed by atoms with Crippen LogP contribution < -0.4 is 14.9 Å². The second-order valence-corrected chi connectivity index (χ2v) is 7.12. The molecule has 2 rings (SSSR count). The van der Waals surface area contributed by atoms with Gasteiger partial charge in [-0.1, -0.05) is 0 Å². The van der Waals surface area contributed by atoms with Gasteiger partial charge in [0.25, 0.3) is 0 Å². The zero-order valence-electron chi connectivity index (χ0n) is 13.2. The summed E-state index contributed by atoms with van der Waals surface area (Å²) in [4.78, 5) is 35.6. The van der Waals surface area contributed by atoms with Crippen LogP contribution in [0.25, 0.3) is 0 Å². The summed E-state index contributed by atoms with van der Waals surface area (Å²) in [5.41, 5.74) is 0.363. The summed E-state index contributed by atoms with van der Waals surface area (Å²) >= 11 is 0. The maximum atomic E-state index is 12.1. The van der Waals surface area contributed by atoms with Crippen molar-refractivity contribution in [1.82, 2.24) is 10.0 Å². The van der Waals surface area contributed by atoms with Crippen LogP contribution in [0.4, 0.5) is 5.69 Å². The first-order valence-corrected chi connectivity index (χ1v) is 8.99. The Morgan fingerprint density at radius 2 is 1.67 bits per heavy atom. The molecular formula is C15H19N3O5S. The lowest BCUT2D eigenvalue weighted by atomic mass is 10.1. The number of piperidine rings is 1. The molecule has 0 spiro atoms. The van der Waals surface area contributed by atoms with Gasteiger partial charge in [0.15, 0.2) is 0 Å². The highest BCUT2D eigenvalue weighted by molar-refractivity contribution is 7.89. The third kappa shape index (κ3) is 4.39. The van der Waals surface area contributed by atoms with E-state index in [2.05, 4.69) is 10.0 Å². The molecule has 2 N–H and O–H groups in total. The fraction of sp³-hybridized carbons (Fsp3) is 0.400. The smallest absolute Gasteiger partial charge is 0.240 e.